The third kappa shape index (κ3) is 4.16. The Labute approximate surface area is 131 Å². The Morgan fingerprint density at radius 2 is 2.05 bits per heavy atom. The van der Waals surface area contributed by atoms with Gasteiger partial charge in [-0.25, -0.2) is 9.97 Å². The second kappa shape index (κ2) is 7.54. The molecule has 22 heavy (non-hydrogen) atoms. The van der Waals surface area contributed by atoms with Gasteiger partial charge in [0.1, 0.15) is 0 Å². The van der Waals surface area contributed by atoms with Gasteiger partial charge in [-0.15, -0.1) is 0 Å². The number of piperidine rings is 2. The van der Waals surface area contributed by atoms with Gasteiger partial charge in [0.15, 0.2) is 0 Å². The van der Waals surface area contributed by atoms with Crippen LogP contribution in [0, 0.1) is 5.92 Å². The highest BCUT2D eigenvalue weighted by Crippen LogP contribution is 2.18. The molecule has 0 bridgehead atoms. The summed E-state index contributed by atoms with van der Waals surface area (Å²) in [5, 5.41) is 6.55. The summed E-state index contributed by atoms with van der Waals surface area (Å²) < 4.78 is 0. The molecule has 1 unspecified atom stereocenters. The summed E-state index contributed by atoms with van der Waals surface area (Å²) in [6.45, 7) is 3.85. The van der Waals surface area contributed by atoms with Crippen molar-refractivity contribution in [2.45, 2.75) is 38.1 Å². The third-order valence-electron chi connectivity index (χ3n) is 4.55. The van der Waals surface area contributed by atoms with Crippen molar-refractivity contribution in [2.75, 3.05) is 31.1 Å². The van der Waals surface area contributed by atoms with Gasteiger partial charge < -0.3 is 15.5 Å². The van der Waals surface area contributed by atoms with Crippen LogP contribution in [0.2, 0.25) is 0 Å². The molecule has 0 radical (unpaired) electrons. The number of hydrogen-bond donors (Lipinski definition) is 2. The van der Waals surface area contributed by atoms with Gasteiger partial charge in [0.2, 0.25) is 11.9 Å². The number of anilines is 1. The fourth-order valence-electron chi connectivity index (χ4n) is 3.37. The molecular weight excluding hydrogens is 278 g/mol. The van der Waals surface area contributed by atoms with E-state index in [-0.39, 0.29) is 11.9 Å². The molecule has 1 aromatic heterocycles. The van der Waals surface area contributed by atoms with E-state index in [1.165, 1.54) is 0 Å². The van der Waals surface area contributed by atoms with Gasteiger partial charge in [0.05, 0.1) is 0 Å². The van der Waals surface area contributed by atoms with E-state index in [0.29, 0.717) is 12.3 Å². The Balaban J connectivity index is 1.48. The lowest BCUT2D eigenvalue weighted by Gasteiger charge is -2.33. The zero-order chi connectivity index (χ0) is 15.2. The second-order valence-electron chi connectivity index (χ2n) is 6.30. The van der Waals surface area contributed by atoms with Gasteiger partial charge in [0, 0.05) is 37.9 Å². The monoisotopic (exact) mass is 303 g/mol. The maximum absolute atomic E-state index is 12.2. The average Bonchev–Trinajstić information content (AvgIpc) is 2.57. The predicted octanol–water partition coefficient (Wildman–Crippen LogP) is 0.951. The number of nitrogens with zero attached hydrogens (tertiary/aromatic N) is 3. The standard InChI is InChI=1S/C16H25N5O/c22-15(11-13-4-8-17-9-5-13)20-14-3-1-10-21(12-14)16-18-6-2-7-19-16/h2,6-7,13-14,17H,1,3-5,8-12H2,(H,20,22). The Hall–Kier alpha value is -1.69. The van der Waals surface area contributed by atoms with Crippen molar-refractivity contribution >= 4 is 11.9 Å². The molecule has 0 spiro atoms. The van der Waals surface area contributed by atoms with Crippen LogP contribution >= 0.6 is 0 Å². The van der Waals surface area contributed by atoms with E-state index in [0.717, 1.165) is 57.8 Å². The predicted molar refractivity (Wildman–Crippen MR) is 85.6 cm³/mol. The molecule has 6 heteroatoms. The van der Waals surface area contributed by atoms with Crippen molar-refractivity contribution in [2.24, 2.45) is 5.92 Å². The Morgan fingerprint density at radius 1 is 1.27 bits per heavy atom. The van der Waals surface area contributed by atoms with Crippen molar-refractivity contribution in [3.63, 3.8) is 0 Å². The second-order valence-corrected chi connectivity index (χ2v) is 6.30. The minimum absolute atomic E-state index is 0.202. The molecule has 3 rings (SSSR count). The van der Waals surface area contributed by atoms with E-state index in [1.807, 2.05) is 6.07 Å². The number of rotatable bonds is 4. The summed E-state index contributed by atoms with van der Waals surface area (Å²) in [5.41, 5.74) is 0. The smallest absolute Gasteiger partial charge is 0.225 e. The molecule has 3 heterocycles. The van der Waals surface area contributed by atoms with E-state index in [9.17, 15) is 4.79 Å². The van der Waals surface area contributed by atoms with Crippen LogP contribution in [0.25, 0.3) is 0 Å². The minimum Gasteiger partial charge on any atom is -0.352 e. The lowest BCUT2D eigenvalue weighted by Crippen LogP contribution is -2.48. The van der Waals surface area contributed by atoms with Crippen LogP contribution in [0.1, 0.15) is 32.1 Å². The lowest BCUT2D eigenvalue weighted by molar-refractivity contribution is -0.122. The molecule has 0 aliphatic carbocycles. The average molecular weight is 303 g/mol. The van der Waals surface area contributed by atoms with Crippen molar-refractivity contribution in [3.8, 4) is 0 Å². The number of carbonyl (C=O) groups excluding carboxylic acids is 1. The SMILES string of the molecule is O=C(CC1CCNCC1)NC1CCCN(c2ncccn2)C1. The summed E-state index contributed by atoms with van der Waals surface area (Å²) >= 11 is 0. The number of carbonyl (C=O) groups is 1. The van der Waals surface area contributed by atoms with Gasteiger partial charge in [0.25, 0.3) is 0 Å². The summed E-state index contributed by atoms with van der Waals surface area (Å²) in [6, 6.07) is 2.04. The fraction of sp³-hybridized carbons (Fsp3) is 0.688. The van der Waals surface area contributed by atoms with Crippen molar-refractivity contribution in [1.29, 1.82) is 0 Å². The summed E-state index contributed by atoms with van der Waals surface area (Å²) in [5.74, 6) is 1.51. The minimum atomic E-state index is 0.202. The first-order valence-electron chi connectivity index (χ1n) is 8.33. The van der Waals surface area contributed by atoms with Gasteiger partial charge >= 0.3 is 0 Å². The van der Waals surface area contributed by atoms with Crippen LogP contribution < -0.4 is 15.5 Å². The quantitative estimate of drug-likeness (QED) is 0.867. The van der Waals surface area contributed by atoms with Gasteiger partial charge in [-0.3, -0.25) is 4.79 Å². The van der Waals surface area contributed by atoms with E-state index < -0.39 is 0 Å². The van der Waals surface area contributed by atoms with E-state index >= 15 is 0 Å². The molecule has 120 valence electrons. The van der Waals surface area contributed by atoms with Crippen LogP contribution in [0.5, 0.6) is 0 Å². The van der Waals surface area contributed by atoms with Crippen LogP contribution in [0.15, 0.2) is 18.5 Å². The maximum Gasteiger partial charge on any atom is 0.225 e. The third-order valence-corrected chi connectivity index (χ3v) is 4.55. The molecule has 2 saturated heterocycles. The molecule has 2 aliphatic rings. The number of aromatic nitrogens is 2. The molecule has 6 nitrogen and oxygen atoms in total. The fourth-order valence-corrected chi connectivity index (χ4v) is 3.37. The first-order chi connectivity index (χ1) is 10.8. The van der Waals surface area contributed by atoms with E-state index in [2.05, 4.69) is 25.5 Å². The molecule has 0 aromatic carbocycles. The first kappa shape index (κ1) is 15.2. The molecule has 2 fully saturated rings. The van der Waals surface area contributed by atoms with E-state index in [1.54, 1.807) is 12.4 Å². The van der Waals surface area contributed by atoms with Crippen LogP contribution in [0.4, 0.5) is 5.95 Å². The molecule has 2 aliphatic heterocycles. The van der Waals surface area contributed by atoms with Crippen molar-refractivity contribution in [3.05, 3.63) is 18.5 Å². The molecule has 2 N–H and O–H groups in total. The zero-order valence-electron chi connectivity index (χ0n) is 13.0. The van der Waals surface area contributed by atoms with Crippen molar-refractivity contribution in [1.82, 2.24) is 20.6 Å². The summed E-state index contributed by atoms with van der Waals surface area (Å²) in [7, 11) is 0. The number of nitrogens with one attached hydrogen (secondary N) is 2. The molecular formula is C16H25N5O. The van der Waals surface area contributed by atoms with Crippen LogP contribution in [0.3, 0.4) is 0 Å². The highest BCUT2D eigenvalue weighted by molar-refractivity contribution is 5.76. The number of hydrogen-bond acceptors (Lipinski definition) is 5. The Kier molecular flexibility index (Phi) is 5.21. The molecule has 0 saturated carbocycles. The highest BCUT2D eigenvalue weighted by atomic mass is 16.1. The molecule has 1 atom stereocenters. The summed E-state index contributed by atoms with van der Waals surface area (Å²) in [6.07, 6.45) is 8.53. The zero-order valence-corrected chi connectivity index (χ0v) is 13.0. The summed E-state index contributed by atoms with van der Waals surface area (Å²) in [4.78, 5) is 23.0. The lowest BCUT2D eigenvalue weighted by atomic mass is 9.94. The van der Waals surface area contributed by atoms with Crippen molar-refractivity contribution < 1.29 is 4.79 Å². The van der Waals surface area contributed by atoms with Crippen LogP contribution in [-0.2, 0) is 4.79 Å². The largest absolute Gasteiger partial charge is 0.352 e. The molecule has 1 amide bonds. The van der Waals surface area contributed by atoms with E-state index in [4.69, 9.17) is 0 Å². The van der Waals surface area contributed by atoms with Crippen LogP contribution in [-0.4, -0.2) is 48.1 Å². The van der Waals surface area contributed by atoms with Gasteiger partial charge in [-0.1, -0.05) is 0 Å². The number of amides is 1. The Morgan fingerprint density at radius 3 is 2.82 bits per heavy atom. The van der Waals surface area contributed by atoms with Gasteiger partial charge in [-0.05, 0) is 50.8 Å². The molecule has 1 aromatic rings. The normalized spacial score (nSPS) is 23.3. The highest BCUT2D eigenvalue weighted by Gasteiger charge is 2.24. The Bertz CT molecular complexity index is 475. The maximum atomic E-state index is 12.2. The first-order valence-corrected chi connectivity index (χ1v) is 8.33. The van der Waals surface area contributed by atoms with Gasteiger partial charge in [-0.2, -0.15) is 0 Å². The topological polar surface area (TPSA) is 70.2 Å².